The van der Waals surface area contributed by atoms with E-state index in [1.54, 1.807) is 29.9 Å². The van der Waals surface area contributed by atoms with Crippen molar-refractivity contribution in [2.24, 2.45) is 0 Å². The van der Waals surface area contributed by atoms with Gasteiger partial charge in [0.15, 0.2) is 0 Å². The smallest absolute Gasteiger partial charge is 0.264 e. The van der Waals surface area contributed by atoms with E-state index in [0.29, 0.717) is 10.6 Å². The van der Waals surface area contributed by atoms with E-state index in [1.165, 1.54) is 11.3 Å². The zero-order valence-electron chi connectivity index (χ0n) is 14.5. The molecule has 0 spiro atoms. The Kier molecular flexibility index (Phi) is 5.04. The number of pyridine rings is 2. The van der Waals surface area contributed by atoms with Crippen LogP contribution in [0.1, 0.15) is 31.8 Å². The second-order valence-corrected chi connectivity index (χ2v) is 7.83. The van der Waals surface area contributed by atoms with Crippen LogP contribution in [0.15, 0.2) is 66.4 Å². The van der Waals surface area contributed by atoms with Crippen LogP contribution in [-0.2, 0) is 0 Å². The van der Waals surface area contributed by atoms with Crippen LogP contribution in [0.4, 0.5) is 0 Å². The Morgan fingerprint density at radius 1 is 1.07 bits per heavy atom. The first-order valence-electron chi connectivity index (χ1n) is 8.35. The Morgan fingerprint density at radius 3 is 2.63 bits per heavy atom. The van der Waals surface area contributed by atoms with Crippen LogP contribution in [0.5, 0.6) is 0 Å². The number of aromatic nitrogens is 3. The molecule has 0 radical (unpaired) electrons. The molecule has 0 aliphatic rings. The highest BCUT2D eigenvalue weighted by Gasteiger charge is 2.22. The summed E-state index contributed by atoms with van der Waals surface area (Å²) in [6, 6.07) is 13.3. The van der Waals surface area contributed by atoms with Gasteiger partial charge < -0.3 is 5.32 Å². The Labute approximate surface area is 164 Å². The van der Waals surface area contributed by atoms with E-state index in [0.717, 1.165) is 21.1 Å². The highest BCUT2D eigenvalue weighted by Crippen LogP contribution is 2.29. The molecule has 134 valence electrons. The standard InChI is InChI=1S/C20H16N4OS2/c1-13-18(27-20(23-13)15-5-2-3-9-22-15)19(25)24-17(16-6-4-12-26-16)14-7-10-21-11-8-14/h2-12,17H,1H3,(H,24,25)/t17-/m0/s1. The Balaban J connectivity index is 1.63. The second-order valence-electron chi connectivity index (χ2n) is 5.85. The first-order chi connectivity index (χ1) is 13.2. The largest absolute Gasteiger partial charge is 0.340 e. The van der Waals surface area contributed by atoms with Gasteiger partial charge in [0.25, 0.3) is 5.91 Å². The molecule has 7 heteroatoms. The maximum Gasteiger partial charge on any atom is 0.264 e. The van der Waals surface area contributed by atoms with Gasteiger partial charge in [-0.05, 0) is 48.2 Å². The number of carbonyl (C=O) groups excluding carboxylic acids is 1. The van der Waals surface area contributed by atoms with Gasteiger partial charge in [-0.3, -0.25) is 14.8 Å². The van der Waals surface area contributed by atoms with Gasteiger partial charge >= 0.3 is 0 Å². The highest BCUT2D eigenvalue weighted by atomic mass is 32.1. The number of amides is 1. The predicted molar refractivity (Wildman–Crippen MR) is 108 cm³/mol. The van der Waals surface area contributed by atoms with Gasteiger partial charge in [-0.1, -0.05) is 12.1 Å². The van der Waals surface area contributed by atoms with Crippen LogP contribution in [0.2, 0.25) is 0 Å². The summed E-state index contributed by atoms with van der Waals surface area (Å²) in [4.78, 5) is 27.6. The Bertz CT molecular complexity index is 1030. The third kappa shape index (κ3) is 3.79. The maximum atomic E-state index is 13.0. The van der Waals surface area contributed by atoms with Gasteiger partial charge in [0.05, 0.1) is 17.4 Å². The third-order valence-corrected chi connectivity index (χ3v) is 6.15. The molecular weight excluding hydrogens is 376 g/mol. The van der Waals surface area contributed by atoms with E-state index in [2.05, 4.69) is 20.3 Å². The minimum Gasteiger partial charge on any atom is -0.340 e. The monoisotopic (exact) mass is 392 g/mol. The molecule has 4 aromatic rings. The van der Waals surface area contributed by atoms with Crippen LogP contribution in [0.3, 0.4) is 0 Å². The molecule has 4 aromatic heterocycles. The lowest BCUT2D eigenvalue weighted by Crippen LogP contribution is -2.28. The van der Waals surface area contributed by atoms with Gasteiger partial charge in [-0.2, -0.15) is 0 Å². The van der Waals surface area contributed by atoms with Crippen molar-refractivity contribution >= 4 is 28.6 Å². The van der Waals surface area contributed by atoms with Crippen molar-refractivity contribution < 1.29 is 4.79 Å². The number of aryl methyl sites for hydroxylation is 1. The van der Waals surface area contributed by atoms with Gasteiger partial charge in [0.2, 0.25) is 0 Å². The number of hydrogen-bond acceptors (Lipinski definition) is 6. The summed E-state index contributed by atoms with van der Waals surface area (Å²) < 4.78 is 0. The first kappa shape index (κ1) is 17.5. The lowest BCUT2D eigenvalue weighted by molar-refractivity contribution is 0.0947. The fourth-order valence-electron chi connectivity index (χ4n) is 2.73. The molecule has 4 heterocycles. The van der Waals surface area contributed by atoms with Crippen LogP contribution < -0.4 is 5.32 Å². The van der Waals surface area contributed by atoms with Crippen LogP contribution in [0, 0.1) is 6.92 Å². The molecule has 4 rings (SSSR count). The Morgan fingerprint density at radius 2 is 1.93 bits per heavy atom. The molecule has 0 saturated heterocycles. The van der Waals surface area contributed by atoms with Crippen molar-refractivity contribution in [3.8, 4) is 10.7 Å². The SMILES string of the molecule is Cc1nc(-c2ccccn2)sc1C(=O)N[C@@H](c1ccncc1)c1cccs1. The summed E-state index contributed by atoms with van der Waals surface area (Å²) in [6.07, 6.45) is 5.19. The van der Waals surface area contributed by atoms with Crippen molar-refractivity contribution in [3.05, 3.63) is 87.4 Å². The van der Waals surface area contributed by atoms with Crippen molar-refractivity contribution in [2.45, 2.75) is 13.0 Å². The number of carbonyl (C=O) groups is 1. The Hall–Kier alpha value is -2.90. The zero-order chi connectivity index (χ0) is 18.6. The van der Waals surface area contributed by atoms with E-state index >= 15 is 0 Å². The molecule has 0 aliphatic carbocycles. The lowest BCUT2D eigenvalue weighted by atomic mass is 10.1. The van der Waals surface area contributed by atoms with Crippen LogP contribution in [0.25, 0.3) is 10.7 Å². The predicted octanol–water partition coefficient (Wildman–Crippen LogP) is 4.49. The minimum absolute atomic E-state index is 0.137. The number of thiophene rings is 1. The number of rotatable bonds is 5. The molecule has 0 aliphatic heterocycles. The molecule has 0 saturated carbocycles. The molecule has 0 unspecified atom stereocenters. The lowest BCUT2D eigenvalue weighted by Gasteiger charge is -2.17. The first-order valence-corrected chi connectivity index (χ1v) is 10.0. The van der Waals surface area contributed by atoms with Gasteiger partial charge in [0.1, 0.15) is 9.88 Å². The fourth-order valence-corrected chi connectivity index (χ4v) is 4.48. The molecule has 1 atom stereocenters. The number of hydrogen-bond donors (Lipinski definition) is 1. The molecule has 0 fully saturated rings. The molecule has 5 nitrogen and oxygen atoms in total. The fraction of sp³-hybridized carbons (Fsp3) is 0.100. The minimum atomic E-state index is -0.222. The van der Waals surface area contributed by atoms with Crippen molar-refractivity contribution in [3.63, 3.8) is 0 Å². The number of nitrogens with zero attached hydrogens (tertiary/aromatic N) is 3. The van der Waals surface area contributed by atoms with E-state index < -0.39 is 0 Å². The van der Waals surface area contributed by atoms with Crippen LogP contribution >= 0.6 is 22.7 Å². The molecular formula is C20H16N4OS2. The van der Waals surface area contributed by atoms with Gasteiger partial charge in [-0.15, -0.1) is 22.7 Å². The summed E-state index contributed by atoms with van der Waals surface area (Å²) in [5.41, 5.74) is 2.47. The molecule has 1 amide bonds. The van der Waals surface area contributed by atoms with E-state index in [4.69, 9.17) is 0 Å². The molecule has 0 aromatic carbocycles. The summed E-state index contributed by atoms with van der Waals surface area (Å²) >= 11 is 2.97. The van der Waals surface area contributed by atoms with Crippen LogP contribution in [-0.4, -0.2) is 20.9 Å². The summed E-state index contributed by atoms with van der Waals surface area (Å²) in [5, 5.41) is 5.90. The average molecular weight is 393 g/mol. The molecule has 27 heavy (non-hydrogen) atoms. The van der Waals surface area contributed by atoms with E-state index in [-0.39, 0.29) is 11.9 Å². The molecule has 1 N–H and O–H groups in total. The number of nitrogens with one attached hydrogen (secondary N) is 1. The number of thiazole rings is 1. The topological polar surface area (TPSA) is 67.8 Å². The summed E-state index contributed by atoms with van der Waals surface area (Å²) in [6.45, 7) is 1.85. The second kappa shape index (κ2) is 7.77. The maximum absolute atomic E-state index is 13.0. The quantitative estimate of drug-likeness (QED) is 0.543. The van der Waals surface area contributed by atoms with Gasteiger partial charge in [-0.25, -0.2) is 4.98 Å². The summed E-state index contributed by atoms with van der Waals surface area (Å²) in [5.74, 6) is -0.137. The van der Waals surface area contributed by atoms with E-state index in [9.17, 15) is 4.79 Å². The van der Waals surface area contributed by atoms with Crippen molar-refractivity contribution in [2.75, 3.05) is 0 Å². The van der Waals surface area contributed by atoms with Gasteiger partial charge in [0, 0.05) is 23.5 Å². The molecule has 0 bridgehead atoms. The summed E-state index contributed by atoms with van der Waals surface area (Å²) in [7, 11) is 0. The highest BCUT2D eigenvalue weighted by molar-refractivity contribution is 7.17. The zero-order valence-corrected chi connectivity index (χ0v) is 16.1. The third-order valence-electron chi connectivity index (χ3n) is 4.03. The average Bonchev–Trinajstić information content (AvgIpc) is 3.37. The van der Waals surface area contributed by atoms with Crippen molar-refractivity contribution in [1.82, 2.24) is 20.3 Å². The van der Waals surface area contributed by atoms with E-state index in [1.807, 2.05) is 54.8 Å². The normalized spacial score (nSPS) is 11.9. The van der Waals surface area contributed by atoms with Crippen molar-refractivity contribution in [1.29, 1.82) is 0 Å².